The van der Waals surface area contributed by atoms with Crippen LogP contribution in [0.2, 0.25) is 0 Å². The van der Waals surface area contributed by atoms with E-state index < -0.39 is 0 Å². The van der Waals surface area contributed by atoms with Crippen molar-refractivity contribution in [1.82, 2.24) is 19.9 Å². The number of carbonyl (C=O) groups is 1. The van der Waals surface area contributed by atoms with Crippen molar-refractivity contribution in [1.29, 1.82) is 0 Å². The number of pyridine rings is 1. The van der Waals surface area contributed by atoms with Crippen LogP contribution in [-0.4, -0.2) is 46.2 Å². The van der Waals surface area contributed by atoms with Gasteiger partial charge in [0.05, 0.1) is 30.5 Å². The van der Waals surface area contributed by atoms with Crippen molar-refractivity contribution in [3.05, 3.63) is 42.5 Å². The minimum atomic E-state index is -0.256. The third-order valence-electron chi connectivity index (χ3n) is 5.42. The van der Waals surface area contributed by atoms with Gasteiger partial charge in [-0.1, -0.05) is 19.1 Å². The van der Waals surface area contributed by atoms with Gasteiger partial charge >= 0.3 is 0 Å². The van der Waals surface area contributed by atoms with Crippen LogP contribution in [0.4, 0.5) is 5.82 Å². The van der Waals surface area contributed by atoms with E-state index in [1.165, 1.54) is 0 Å². The Morgan fingerprint density at radius 1 is 1.29 bits per heavy atom. The SMILES string of the molecule is Cc1ncc(-c2ccc3cnc(NC(=O)C(C)C4CNCCO4)cc3c2)n1C. The molecule has 1 fully saturated rings. The van der Waals surface area contributed by atoms with Crippen LogP contribution in [0.5, 0.6) is 0 Å². The van der Waals surface area contributed by atoms with Crippen molar-refractivity contribution in [2.75, 3.05) is 25.0 Å². The first kappa shape index (κ1) is 18.6. The van der Waals surface area contributed by atoms with Crippen LogP contribution >= 0.6 is 0 Å². The number of carbonyl (C=O) groups excluding carboxylic acids is 1. The fourth-order valence-electron chi connectivity index (χ4n) is 3.45. The second-order valence-electron chi connectivity index (χ2n) is 7.27. The molecule has 2 unspecified atom stereocenters. The summed E-state index contributed by atoms with van der Waals surface area (Å²) in [5.41, 5.74) is 2.13. The number of aryl methyl sites for hydroxylation is 1. The number of ether oxygens (including phenoxy) is 1. The maximum atomic E-state index is 12.6. The molecule has 1 aliphatic rings. The van der Waals surface area contributed by atoms with E-state index in [-0.39, 0.29) is 17.9 Å². The molecule has 2 aromatic heterocycles. The van der Waals surface area contributed by atoms with Gasteiger partial charge in [-0.15, -0.1) is 0 Å². The molecule has 2 atom stereocenters. The average molecular weight is 379 g/mol. The highest BCUT2D eigenvalue weighted by Gasteiger charge is 2.26. The highest BCUT2D eigenvalue weighted by molar-refractivity contribution is 5.95. The minimum Gasteiger partial charge on any atom is -0.375 e. The summed E-state index contributed by atoms with van der Waals surface area (Å²) in [5, 5.41) is 8.23. The van der Waals surface area contributed by atoms with E-state index in [9.17, 15) is 4.79 Å². The quantitative estimate of drug-likeness (QED) is 0.728. The van der Waals surface area contributed by atoms with E-state index in [1.54, 1.807) is 6.20 Å². The topological polar surface area (TPSA) is 81.1 Å². The van der Waals surface area contributed by atoms with E-state index in [1.807, 2.05) is 39.2 Å². The monoisotopic (exact) mass is 379 g/mol. The second kappa shape index (κ2) is 7.69. The molecule has 1 amide bonds. The van der Waals surface area contributed by atoms with Gasteiger partial charge in [0.25, 0.3) is 0 Å². The summed E-state index contributed by atoms with van der Waals surface area (Å²) in [7, 11) is 2.00. The van der Waals surface area contributed by atoms with Crippen molar-refractivity contribution in [3.63, 3.8) is 0 Å². The van der Waals surface area contributed by atoms with Gasteiger partial charge in [0, 0.05) is 37.3 Å². The molecular formula is C21H25N5O2. The smallest absolute Gasteiger partial charge is 0.231 e. The first-order valence-corrected chi connectivity index (χ1v) is 9.54. The Hall–Kier alpha value is -2.77. The van der Waals surface area contributed by atoms with Crippen molar-refractivity contribution in [3.8, 4) is 11.3 Å². The number of imidazole rings is 1. The van der Waals surface area contributed by atoms with E-state index in [0.29, 0.717) is 19.0 Å². The van der Waals surface area contributed by atoms with Crippen LogP contribution < -0.4 is 10.6 Å². The summed E-state index contributed by atoms with van der Waals surface area (Å²) in [6.45, 7) is 6.02. The number of nitrogens with zero attached hydrogens (tertiary/aromatic N) is 3. The Balaban J connectivity index is 1.56. The molecule has 1 aromatic carbocycles. The van der Waals surface area contributed by atoms with Crippen LogP contribution in [0.25, 0.3) is 22.0 Å². The van der Waals surface area contributed by atoms with Crippen LogP contribution in [0.3, 0.4) is 0 Å². The molecule has 3 heterocycles. The van der Waals surface area contributed by atoms with Gasteiger partial charge < -0.3 is 19.9 Å². The number of hydrogen-bond acceptors (Lipinski definition) is 5. The molecule has 1 aliphatic heterocycles. The van der Waals surface area contributed by atoms with Gasteiger partial charge in [-0.2, -0.15) is 0 Å². The molecular weight excluding hydrogens is 354 g/mol. The fourth-order valence-corrected chi connectivity index (χ4v) is 3.45. The number of aromatic nitrogens is 3. The molecule has 0 bridgehead atoms. The number of anilines is 1. The molecule has 7 nitrogen and oxygen atoms in total. The molecule has 146 valence electrons. The number of fused-ring (bicyclic) bond motifs is 1. The predicted molar refractivity (Wildman–Crippen MR) is 109 cm³/mol. The molecule has 0 spiro atoms. The van der Waals surface area contributed by atoms with Crippen molar-refractivity contribution in [2.24, 2.45) is 13.0 Å². The van der Waals surface area contributed by atoms with Crippen molar-refractivity contribution >= 4 is 22.5 Å². The van der Waals surface area contributed by atoms with Gasteiger partial charge in [0.2, 0.25) is 5.91 Å². The highest BCUT2D eigenvalue weighted by Crippen LogP contribution is 2.26. The van der Waals surface area contributed by atoms with Gasteiger partial charge in [-0.05, 0) is 24.4 Å². The first-order valence-electron chi connectivity index (χ1n) is 9.54. The lowest BCUT2D eigenvalue weighted by Gasteiger charge is -2.27. The Bertz CT molecular complexity index is 1010. The van der Waals surface area contributed by atoms with Crippen molar-refractivity contribution in [2.45, 2.75) is 20.0 Å². The minimum absolute atomic E-state index is 0.0843. The molecule has 3 aromatic rings. The standard InChI is InChI=1S/C21H25N5O2/c1-13(19-12-22-6-7-28-19)21(27)25-20-9-17-8-15(4-5-16(17)10-24-20)18-11-23-14(2)26(18)3/h4-5,8-11,13,19,22H,6-7,12H2,1-3H3,(H,24,25,27). The maximum Gasteiger partial charge on any atom is 0.231 e. The summed E-state index contributed by atoms with van der Waals surface area (Å²) in [6, 6.07) is 8.11. The maximum absolute atomic E-state index is 12.6. The number of hydrogen-bond donors (Lipinski definition) is 2. The first-order chi connectivity index (χ1) is 13.5. The van der Waals surface area contributed by atoms with E-state index in [4.69, 9.17) is 4.74 Å². The summed E-state index contributed by atoms with van der Waals surface area (Å²) in [4.78, 5) is 21.4. The summed E-state index contributed by atoms with van der Waals surface area (Å²) in [6.07, 6.45) is 3.54. The van der Waals surface area contributed by atoms with Crippen molar-refractivity contribution < 1.29 is 9.53 Å². The largest absolute Gasteiger partial charge is 0.375 e. The molecule has 0 aliphatic carbocycles. The molecule has 1 saturated heterocycles. The van der Waals surface area contributed by atoms with Crippen LogP contribution in [0, 0.1) is 12.8 Å². The molecule has 4 rings (SSSR count). The summed E-state index contributed by atoms with van der Waals surface area (Å²) >= 11 is 0. The Labute approximate surface area is 164 Å². The number of nitrogens with one attached hydrogen (secondary N) is 2. The summed E-state index contributed by atoms with van der Waals surface area (Å²) in [5.74, 6) is 1.17. The zero-order chi connectivity index (χ0) is 19.7. The van der Waals surface area contributed by atoms with E-state index in [0.717, 1.165) is 34.4 Å². The van der Waals surface area contributed by atoms with Gasteiger partial charge in [0.15, 0.2) is 0 Å². The van der Waals surface area contributed by atoms with E-state index >= 15 is 0 Å². The predicted octanol–water partition coefficient (Wildman–Crippen LogP) is 2.51. The summed E-state index contributed by atoms with van der Waals surface area (Å²) < 4.78 is 7.76. The lowest BCUT2D eigenvalue weighted by atomic mass is 10.0. The van der Waals surface area contributed by atoms with Crippen LogP contribution in [0.1, 0.15) is 12.7 Å². The Morgan fingerprint density at radius 3 is 2.86 bits per heavy atom. The van der Waals surface area contributed by atoms with Gasteiger partial charge in [-0.3, -0.25) is 4.79 Å². The van der Waals surface area contributed by atoms with E-state index in [2.05, 4.69) is 37.3 Å². The van der Waals surface area contributed by atoms with Crippen LogP contribution in [0.15, 0.2) is 36.7 Å². The Kier molecular flexibility index (Phi) is 5.11. The third kappa shape index (κ3) is 3.63. The zero-order valence-corrected chi connectivity index (χ0v) is 16.4. The third-order valence-corrected chi connectivity index (χ3v) is 5.42. The molecule has 0 saturated carbocycles. The normalized spacial score (nSPS) is 18.2. The molecule has 28 heavy (non-hydrogen) atoms. The van der Waals surface area contributed by atoms with Gasteiger partial charge in [0.1, 0.15) is 11.6 Å². The number of benzene rings is 1. The molecule has 2 N–H and O–H groups in total. The number of morpholine rings is 1. The lowest BCUT2D eigenvalue weighted by Crippen LogP contribution is -2.45. The average Bonchev–Trinajstić information content (AvgIpc) is 3.06. The van der Waals surface area contributed by atoms with Crippen LogP contribution in [-0.2, 0) is 16.6 Å². The number of amides is 1. The fraction of sp³-hybridized carbons (Fsp3) is 0.381. The zero-order valence-electron chi connectivity index (χ0n) is 16.4. The Morgan fingerprint density at radius 2 is 2.14 bits per heavy atom. The van der Waals surface area contributed by atoms with Gasteiger partial charge in [-0.25, -0.2) is 9.97 Å². The number of rotatable bonds is 4. The molecule has 7 heteroatoms. The second-order valence-corrected chi connectivity index (χ2v) is 7.27. The molecule has 0 radical (unpaired) electrons. The highest BCUT2D eigenvalue weighted by atomic mass is 16.5. The lowest BCUT2D eigenvalue weighted by molar-refractivity contribution is -0.125.